The van der Waals surface area contributed by atoms with Crippen molar-refractivity contribution in [3.8, 4) is 0 Å². The first kappa shape index (κ1) is 19.0. The Morgan fingerprint density at radius 3 is 2.13 bits per heavy atom. The zero-order chi connectivity index (χ0) is 17.8. The van der Waals surface area contributed by atoms with E-state index < -0.39 is 35.8 Å². The third-order valence-electron chi connectivity index (χ3n) is 3.58. The fraction of sp³-hybridized carbons (Fsp3) is 0.467. The molecule has 128 valence electrons. The summed E-state index contributed by atoms with van der Waals surface area (Å²) >= 11 is 0. The molecule has 8 heteroatoms. The monoisotopic (exact) mass is 333 g/mol. The average molecular weight is 333 g/mol. The van der Waals surface area contributed by atoms with Crippen LogP contribution in [0.4, 0.5) is 13.2 Å². The van der Waals surface area contributed by atoms with Crippen molar-refractivity contribution in [1.29, 1.82) is 0 Å². The van der Waals surface area contributed by atoms with Gasteiger partial charge in [-0.3, -0.25) is 4.79 Å². The Kier molecular flexibility index (Phi) is 6.14. The van der Waals surface area contributed by atoms with E-state index in [0.717, 1.165) is 24.3 Å². The standard InChI is InChI=1S/C15H18F3NO4/c1-3-8(2)11(14(22)23)19-13(21)12(20)9-4-6-10(7-5-9)15(16,17)18/h4-8,11-12,20H,3H2,1-2H3,(H,19,21)(H,22,23)/t8-,11-,12+/m1/s1. The number of rotatable bonds is 6. The molecule has 0 aliphatic carbocycles. The van der Waals surface area contributed by atoms with Crippen LogP contribution in [0.3, 0.4) is 0 Å². The highest BCUT2D eigenvalue weighted by atomic mass is 19.4. The number of halogens is 3. The molecular formula is C15H18F3NO4. The summed E-state index contributed by atoms with van der Waals surface area (Å²) in [5.41, 5.74) is -0.958. The number of amides is 1. The van der Waals surface area contributed by atoms with Gasteiger partial charge in [0.1, 0.15) is 6.04 Å². The predicted molar refractivity (Wildman–Crippen MR) is 75.4 cm³/mol. The highest BCUT2D eigenvalue weighted by molar-refractivity contribution is 5.87. The van der Waals surface area contributed by atoms with Crippen molar-refractivity contribution in [3.63, 3.8) is 0 Å². The molecule has 0 saturated heterocycles. The second kappa shape index (κ2) is 7.45. The molecule has 3 atom stereocenters. The second-order valence-corrected chi connectivity index (χ2v) is 5.23. The highest BCUT2D eigenvalue weighted by Gasteiger charge is 2.31. The van der Waals surface area contributed by atoms with Crippen LogP contribution in [0.15, 0.2) is 24.3 Å². The fourth-order valence-corrected chi connectivity index (χ4v) is 1.92. The molecule has 0 radical (unpaired) electrons. The summed E-state index contributed by atoms with van der Waals surface area (Å²) in [4.78, 5) is 23.0. The smallest absolute Gasteiger partial charge is 0.416 e. The number of benzene rings is 1. The Morgan fingerprint density at radius 2 is 1.74 bits per heavy atom. The SMILES string of the molecule is CC[C@@H](C)[C@@H](NC(=O)[C@@H](O)c1ccc(C(F)(F)F)cc1)C(=O)O. The van der Waals surface area contributed by atoms with Crippen molar-refractivity contribution in [2.45, 2.75) is 38.6 Å². The lowest BCUT2D eigenvalue weighted by molar-refractivity contribution is -0.145. The number of aliphatic hydroxyl groups excluding tert-OH is 1. The number of nitrogens with one attached hydrogen (secondary N) is 1. The van der Waals surface area contributed by atoms with E-state index in [2.05, 4.69) is 5.32 Å². The molecule has 3 N–H and O–H groups in total. The van der Waals surface area contributed by atoms with E-state index in [1.165, 1.54) is 0 Å². The molecule has 0 fully saturated rings. The molecule has 0 aromatic heterocycles. The molecule has 0 aliphatic heterocycles. The number of carboxylic acid groups (broad SMARTS) is 1. The van der Waals surface area contributed by atoms with Gasteiger partial charge in [0, 0.05) is 0 Å². The Balaban J connectivity index is 2.85. The molecule has 5 nitrogen and oxygen atoms in total. The van der Waals surface area contributed by atoms with Crippen molar-refractivity contribution < 1.29 is 33.0 Å². The molecule has 1 aromatic rings. The number of carboxylic acids is 1. The minimum absolute atomic E-state index is 0.0520. The summed E-state index contributed by atoms with van der Waals surface area (Å²) in [5.74, 6) is -2.58. The van der Waals surface area contributed by atoms with Gasteiger partial charge in [-0.25, -0.2) is 4.79 Å². The lowest BCUT2D eigenvalue weighted by Crippen LogP contribution is -2.46. The van der Waals surface area contributed by atoms with E-state index in [4.69, 9.17) is 5.11 Å². The van der Waals surface area contributed by atoms with Crippen LogP contribution < -0.4 is 5.32 Å². The van der Waals surface area contributed by atoms with Crippen LogP contribution in [-0.2, 0) is 15.8 Å². The summed E-state index contributed by atoms with van der Waals surface area (Å²) in [7, 11) is 0. The third kappa shape index (κ3) is 4.95. The maximum atomic E-state index is 12.5. The van der Waals surface area contributed by atoms with Gasteiger partial charge in [0.05, 0.1) is 5.56 Å². The zero-order valence-electron chi connectivity index (χ0n) is 12.6. The predicted octanol–water partition coefficient (Wildman–Crippen LogP) is 2.35. The molecule has 0 heterocycles. The molecule has 0 unspecified atom stereocenters. The van der Waals surface area contributed by atoms with Gasteiger partial charge in [0.15, 0.2) is 6.10 Å². The van der Waals surface area contributed by atoms with Crippen molar-refractivity contribution in [3.05, 3.63) is 35.4 Å². The minimum Gasteiger partial charge on any atom is -0.480 e. The highest BCUT2D eigenvalue weighted by Crippen LogP contribution is 2.30. The maximum absolute atomic E-state index is 12.5. The van der Waals surface area contributed by atoms with Gasteiger partial charge in [-0.15, -0.1) is 0 Å². The van der Waals surface area contributed by atoms with Crippen LogP contribution in [0.5, 0.6) is 0 Å². The average Bonchev–Trinajstić information content (AvgIpc) is 2.49. The molecule has 0 aliphatic rings. The van der Waals surface area contributed by atoms with E-state index in [1.54, 1.807) is 13.8 Å². The van der Waals surface area contributed by atoms with Gasteiger partial charge < -0.3 is 15.5 Å². The number of alkyl halides is 3. The van der Waals surface area contributed by atoms with Gasteiger partial charge in [0.25, 0.3) is 5.91 Å². The van der Waals surface area contributed by atoms with Gasteiger partial charge in [-0.1, -0.05) is 32.4 Å². The first-order valence-corrected chi connectivity index (χ1v) is 6.96. The molecule has 0 saturated carbocycles. The number of hydrogen-bond acceptors (Lipinski definition) is 3. The van der Waals surface area contributed by atoms with Crippen molar-refractivity contribution >= 4 is 11.9 Å². The van der Waals surface area contributed by atoms with E-state index in [1.807, 2.05) is 0 Å². The molecular weight excluding hydrogens is 315 g/mol. The van der Waals surface area contributed by atoms with E-state index >= 15 is 0 Å². The molecule has 1 rings (SSSR count). The van der Waals surface area contributed by atoms with Gasteiger partial charge in [0.2, 0.25) is 0 Å². The van der Waals surface area contributed by atoms with Crippen molar-refractivity contribution in [1.82, 2.24) is 5.32 Å². The molecule has 0 bridgehead atoms. The van der Waals surface area contributed by atoms with Crippen molar-refractivity contribution in [2.75, 3.05) is 0 Å². The normalized spacial score (nSPS) is 15.6. The Labute approximate surface area is 131 Å². The van der Waals surface area contributed by atoms with Crippen LogP contribution in [0.25, 0.3) is 0 Å². The van der Waals surface area contributed by atoms with E-state index in [-0.39, 0.29) is 11.5 Å². The largest absolute Gasteiger partial charge is 0.480 e. The zero-order valence-corrected chi connectivity index (χ0v) is 12.6. The summed E-state index contributed by atoms with van der Waals surface area (Å²) < 4.78 is 37.4. The number of carbonyl (C=O) groups excluding carboxylic acids is 1. The summed E-state index contributed by atoms with van der Waals surface area (Å²) in [5, 5.41) is 21.2. The minimum atomic E-state index is -4.52. The summed E-state index contributed by atoms with van der Waals surface area (Å²) in [6, 6.07) is 2.26. The van der Waals surface area contributed by atoms with Crippen LogP contribution in [0.1, 0.15) is 37.5 Å². The van der Waals surface area contributed by atoms with E-state index in [0.29, 0.717) is 6.42 Å². The number of aliphatic carboxylic acids is 1. The first-order valence-electron chi connectivity index (χ1n) is 6.96. The second-order valence-electron chi connectivity index (χ2n) is 5.23. The topological polar surface area (TPSA) is 86.6 Å². The van der Waals surface area contributed by atoms with Crippen LogP contribution in [0, 0.1) is 5.92 Å². The Hall–Kier alpha value is -2.09. The lowest BCUT2D eigenvalue weighted by Gasteiger charge is -2.22. The van der Waals surface area contributed by atoms with Gasteiger partial charge in [-0.2, -0.15) is 13.2 Å². The fourth-order valence-electron chi connectivity index (χ4n) is 1.92. The molecule has 1 aromatic carbocycles. The number of hydrogen-bond donors (Lipinski definition) is 3. The van der Waals surface area contributed by atoms with Crippen molar-refractivity contribution in [2.24, 2.45) is 5.92 Å². The Morgan fingerprint density at radius 1 is 1.22 bits per heavy atom. The Bertz CT molecular complexity index is 557. The van der Waals surface area contributed by atoms with E-state index in [9.17, 15) is 27.9 Å². The number of aliphatic hydroxyl groups is 1. The quantitative estimate of drug-likeness (QED) is 0.746. The molecule has 0 spiro atoms. The van der Waals surface area contributed by atoms with Crippen LogP contribution >= 0.6 is 0 Å². The lowest BCUT2D eigenvalue weighted by atomic mass is 9.98. The summed E-state index contributed by atoms with van der Waals surface area (Å²) in [6.45, 7) is 3.38. The third-order valence-corrected chi connectivity index (χ3v) is 3.58. The van der Waals surface area contributed by atoms with Crippen LogP contribution in [-0.4, -0.2) is 28.1 Å². The van der Waals surface area contributed by atoms with Gasteiger partial charge >= 0.3 is 12.1 Å². The molecule has 23 heavy (non-hydrogen) atoms. The molecule has 1 amide bonds. The first-order chi connectivity index (χ1) is 10.6. The number of carbonyl (C=O) groups is 2. The van der Waals surface area contributed by atoms with Gasteiger partial charge in [-0.05, 0) is 23.6 Å². The van der Waals surface area contributed by atoms with Crippen LogP contribution in [0.2, 0.25) is 0 Å². The maximum Gasteiger partial charge on any atom is 0.416 e. The summed E-state index contributed by atoms with van der Waals surface area (Å²) in [6.07, 6.45) is -5.77.